The molecule has 0 saturated heterocycles. The Balaban J connectivity index is 1.86. The van der Waals surface area contributed by atoms with Gasteiger partial charge in [0.25, 0.3) is 0 Å². The van der Waals surface area contributed by atoms with Gasteiger partial charge >= 0.3 is 0 Å². The van der Waals surface area contributed by atoms with Crippen molar-refractivity contribution in [1.29, 1.82) is 0 Å². The molecule has 2 heterocycles. The van der Waals surface area contributed by atoms with Crippen LogP contribution in [-0.4, -0.2) is 24.7 Å². The van der Waals surface area contributed by atoms with Crippen molar-refractivity contribution in [3.05, 3.63) is 22.5 Å². The van der Waals surface area contributed by atoms with Gasteiger partial charge in [-0.1, -0.05) is 6.92 Å². The van der Waals surface area contributed by atoms with Crippen molar-refractivity contribution >= 4 is 43.0 Å². The summed E-state index contributed by atoms with van der Waals surface area (Å²) in [7, 11) is 0. The number of fused-ring (bicyclic) bond motifs is 3. The monoisotopic (exact) mass is 306 g/mol. The number of ether oxygens (including phenoxy) is 1. The lowest BCUT2D eigenvalue weighted by atomic mass is 10.2. The van der Waals surface area contributed by atoms with Gasteiger partial charge in [0.15, 0.2) is 0 Å². The van der Waals surface area contributed by atoms with Crippen LogP contribution in [0.3, 0.4) is 0 Å². The average Bonchev–Trinajstić information content (AvgIpc) is 3.03. The second-order valence-corrected chi connectivity index (χ2v) is 6.87. The Morgan fingerprint density at radius 2 is 2.25 bits per heavy atom. The summed E-state index contributed by atoms with van der Waals surface area (Å²) >= 11 is 3.47. The molecule has 0 aliphatic heterocycles. The number of thiazole rings is 1. The molecule has 0 fully saturated rings. The third-order valence-electron chi connectivity index (χ3n) is 3.13. The number of hydrogen-bond donors (Lipinski definition) is 1. The molecule has 5 heteroatoms. The fraction of sp³-hybridized carbons (Fsp3) is 0.400. The van der Waals surface area contributed by atoms with E-state index in [1.54, 1.807) is 22.7 Å². The molecule has 1 aromatic carbocycles. The maximum absolute atomic E-state index is 5.96. The fourth-order valence-electron chi connectivity index (χ4n) is 2.24. The van der Waals surface area contributed by atoms with Crippen molar-refractivity contribution in [3.8, 4) is 5.75 Å². The number of rotatable bonds is 6. The van der Waals surface area contributed by atoms with E-state index in [0.717, 1.165) is 35.8 Å². The zero-order valence-corrected chi connectivity index (χ0v) is 13.4. The molecule has 0 aliphatic carbocycles. The minimum Gasteiger partial charge on any atom is -0.492 e. The van der Waals surface area contributed by atoms with Gasteiger partial charge in [0.2, 0.25) is 0 Å². The summed E-state index contributed by atoms with van der Waals surface area (Å²) in [5.74, 6) is 0.982. The van der Waals surface area contributed by atoms with Gasteiger partial charge < -0.3 is 10.1 Å². The second kappa shape index (κ2) is 6.08. The molecule has 0 spiro atoms. The van der Waals surface area contributed by atoms with Gasteiger partial charge in [-0.15, -0.1) is 22.7 Å². The van der Waals surface area contributed by atoms with E-state index >= 15 is 0 Å². The summed E-state index contributed by atoms with van der Waals surface area (Å²) < 4.78 is 8.42. The molecule has 2 aromatic heterocycles. The van der Waals surface area contributed by atoms with Crippen LogP contribution >= 0.6 is 22.7 Å². The van der Waals surface area contributed by atoms with Crippen molar-refractivity contribution in [2.24, 2.45) is 0 Å². The standard InChI is InChI=1S/C15H18N2OS2/c1-3-5-16-6-7-18-12-9-13-14(17-10(2)20-13)15-11(12)4-8-19-15/h4,8-9,16H,3,5-7H2,1-2H3. The summed E-state index contributed by atoms with van der Waals surface area (Å²) in [5, 5.41) is 7.76. The first-order valence-corrected chi connectivity index (χ1v) is 8.60. The van der Waals surface area contributed by atoms with Gasteiger partial charge in [-0.25, -0.2) is 4.98 Å². The van der Waals surface area contributed by atoms with Crippen LogP contribution in [0.15, 0.2) is 17.5 Å². The third-order valence-corrected chi connectivity index (χ3v) is 4.97. The van der Waals surface area contributed by atoms with Gasteiger partial charge in [-0.05, 0) is 31.3 Å². The largest absolute Gasteiger partial charge is 0.492 e. The Labute approximate surface area is 126 Å². The zero-order valence-electron chi connectivity index (χ0n) is 11.7. The Morgan fingerprint density at radius 1 is 1.35 bits per heavy atom. The van der Waals surface area contributed by atoms with E-state index in [4.69, 9.17) is 4.74 Å². The molecule has 1 N–H and O–H groups in total. The molecule has 106 valence electrons. The predicted octanol–water partition coefficient (Wildman–Crippen LogP) is 4.20. The van der Waals surface area contributed by atoms with Crippen LogP contribution in [0.2, 0.25) is 0 Å². The maximum atomic E-state index is 5.96. The highest BCUT2D eigenvalue weighted by Crippen LogP contribution is 2.38. The molecular weight excluding hydrogens is 288 g/mol. The van der Waals surface area contributed by atoms with Crippen molar-refractivity contribution < 1.29 is 4.74 Å². The first kappa shape index (κ1) is 13.8. The number of aryl methyl sites for hydroxylation is 1. The number of nitrogens with zero attached hydrogens (tertiary/aromatic N) is 1. The van der Waals surface area contributed by atoms with Crippen LogP contribution in [0, 0.1) is 6.92 Å². The third kappa shape index (κ3) is 2.66. The zero-order chi connectivity index (χ0) is 13.9. The fourth-order valence-corrected chi connectivity index (χ4v) is 4.07. The van der Waals surface area contributed by atoms with Crippen molar-refractivity contribution in [3.63, 3.8) is 0 Å². The number of nitrogens with one attached hydrogen (secondary N) is 1. The van der Waals surface area contributed by atoms with Crippen molar-refractivity contribution in [2.75, 3.05) is 19.7 Å². The van der Waals surface area contributed by atoms with Crippen LogP contribution in [-0.2, 0) is 0 Å². The molecule has 0 atom stereocenters. The first-order chi connectivity index (χ1) is 9.79. The van der Waals surface area contributed by atoms with E-state index in [2.05, 4.69) is 41.7 Å². The van der Waals surface area contributed by atoms with Gasteiger partial charge in [-0.2, -0.15) is 0 Å². The molecule has 3 nitrogen and oxygen atoms in total. The second-order valence-electron chi connectivity index (χ2n) is 4.72. The van der Waals surface area contributed by atoms with Crippen LogP contribution in [0.1, 0.15) is 18.4 Å². The molecule has 0 unspecified atom stereocenters. The average molecular weight is 306 g/mol. The normalized spacial score (nSPS) is 11.5. The highest BCUT2D eigenvalue weighted by molar-refractivity contribution is 7.21. The van der Waals surface area contributed by atoms with E-state index in [9.17, 15) is 0 Å². The molecule has 0 aliphatic rings. The van der Waals surface area contributed by atoms with Crippen LogP contribution in [0.4, 0.5) is 0 Å². The Hall–Kier alpha value is -1.17. The highest BCUT2D eigenvalue weighted by Gasteiger charge is 2.12. The lowest BCUT2D eigenvalue weighted by Gasteiger charge is -2.08. The summed E-state index contributed by atoms with van der Waals surface area (Å²) in [6, 6.07) is 4.26. The van der Waals surface area contributed by atoms with Crippen molar-refractivity contribution in [1.82, 2.24) is 10.3 Å². The van der Waals surface area contributed by atoms with Crippen LogP contribution in [0.25, 0.3) is 20.3 Å². The Morgan fingerprint density at radius 3 is 3.10 bits per heavy atom. The molecule has 0 radical (unpaired) electrons. The quantitative estimate of drug-likeness (QED) is 0.693. The number of benzene rings is 1. The van der Waals surface area contributed by atoms with E-state index < -0.39 is 0 Å². The number of hydrogen-bond acceptors (Lipinski definition) is 5. The maximum Gasteiger partial charge on any atom is 0.129 e. The van der Waals surface area contributed by atoms with E-state index in [1.165, 1.54) is 14.8 Å². The molecule has 0 bridgehead atoms. The molecule has 0 saturated carbocycles. The highest BCUT2D eigenvalue weighted by atomic mass is 32.1. The molecule has 3 aromatic rings. The lowest BCUT2D eigenvalue weighted by Crippen LogP contribution is -2.21. The number of aromatic nitrogens is 1. The Kier molecular flexibility index (Phi) is 4.19. The van der Waals surface area contributed by atoms with Gasteiger partial charge in [0.1, 0.15) is 12.4 Å². The minimum absolute atomic E-state index is 0.703. The molecular formula is C15H18N2OS2. The topological polar surface area (TPSA) is 34.1 Å². The summed E-state index contributed by atoms with van der Waals surface area (Å²) in [6.45, 7) is 6.86. The summed E-state index contributed by atoms with van der Waals surface area (Å²) in [5.41, 5.74) is 1.12. The lowest BCUT2D eigenvalue weighted by molar-refractivity contribution is 0.318. The molecule has 3 rings (SSSR count). The summed E-state index contributed by atoms with van der Waals surface area (Å²) in [4.78, 5) is 4.64. The predicted molar refractivity (Wildman–Crippen MR) is 88.4 cm³/mol. The van der Waals surface area contributed by atoms with Crippen LogP contribution in [0.5, 0.6) is 5.75 Å². The van der Waals surface area contributed by atoms with Gasteiger partial charge in [0.05, 0.1) is 19.9 Å². The SMILES string of the molecule is CCCNCCOc1cc2sc(C)nc2c2sccc12. The molecule has 20 heavy (non-hydrogen) atoms. The van der Waals surface area contributed by atoms with Gasteiger partial charge in [-0.3, -0.25) is 0 Å². The number of thiophene rings is 1. The van der Waals surface area contributed by atoms with Crippen LogP contribution < -0.4 is 10.1 Å². The smallest absolute Gasteiger partial charge is 0.129 e. The van der Waals surface area contributed by atoms with E-state index in [-0.39, 0.29) is 0 Å². The Bertz CT molecular complexity index is 717. The van der Waals surface area contributed by atoms with E-state index in [1.807, 2.05) is 0 Å². The summed E-state index contributed by atoms with van der Waals surface area (Å²) in [6.07, 6.45) is 1.15. The minimum atomic E-state index is 0.703. The van der Waals surface area contributed by atoms with E-state index in [0.29, 0.717) is 6.61 Å². The first-order valence-electron chi connectivity index (χ1n) is 6.90. The van der Waals surface area contributed by atoms with Gasteiger partial charge in [0, 0.05) is 18.0 Å². The molecule has 0 amide bonds. The van der Waals surface area contributed by atoms with Crippen molar-refractivity contribution in [2.45, 2.75) is 20.3 Å².